The van der Waals surface area contributed by atoms with Crippen molar-refractivity contribution in [2.75, 3.05) is 23.5 Å². The average molecular weight is 475 g/mol. The molecule has 4 fully saturated rings. The van der Waals surface area contributed by atoms with Crippen LogP contribution >= 0.6 is 0 Å². The topological polar surface area (TPSA) is 93.2 Å². The van der Waals surface area contributed by atoms with Crippen molar-refractivity contribution < 1.29 is 28.7 Å². The molecule has 8 heteroatoms. The molecular weight excluding hydrogens is 448 g/mol. The van der Waals surface area contributed by atoms with Gasteiger partial charge in [0.15, 0.2) is 0 Å². The molecule has 2 aromatic carbocycles. The first-order valence-electron chi connectivity index (χ1n) is 12.1. The first kappa shape index (κ1) is 21.8. The molecule has 2 heterocycles. The van der Waals surface area contributed by atoms with E-state index in [1.165, 1.54) is 4.90 Å². The van der Waals surface area contributed by atoms with E-state index in [0.717, 1.165) is 19.3 Å². The van der Waals surface area contributed by atoms with Crippen LogP contribution < -0.4 is 19.3 Å². The van der Waals surface area contributed by atoms with Crippen molar-refractivity contribution in [1.82, 2.24) is 0 Å². The SMILES string of the molecule is COc1cccc(N2C[C@H](C(=O)Oc3ccc(N4C(=O)[C@@H]5[C@H]6CC[C@@H](C6)[C@H]5C4=O)cc3)CC2=O)c1. The molecular formula is C27H26N2O6. The number of ether oxygens (including phenoxy) is 2. The molecule has 5 atom stereocenters. The number of hydrogen-bond acceptors (Lipinski definition) is 6. The summed E-state index contributed by atoms with van der Waals surface area (Å²) in [5.41, 5.74) is 1.18. The number of carbonyl (C=O) groups is 4. The number of nitrogens with zero attached hydrogens (tertiary/aromatic N) is 2. The molecule has 8 nitrogen and oxygen atoms in total. The first-order valence-corrected chi connectivity index (χ1v) is 12.1. The number of rotatable bonds is 5. The van der Waals surface area contributed by atoms with Gasteiger partial charge in [-0.05, 0) is 67.5 Å². The van der Waals surface area contributed by atoms with Gasteiger partial charge in [0.1, 0.15) is 11.5 Å². The number of anilines is 2. The fourth-order valence-corrected chi connectivity index (χ4v) is 6.42. The van der Waals surface area contributed by atoms with E-state index < -0.39 is 11.9 Å². The summed E-state index contributed by atoms with van der Waals surface area (Å²) in [5, 5.41) is 0. The Hall–Kier alpha value is -3.68. The lowest BCUT2D eigenvalue weighted by molar-refractivity contribution is -0.139. The van der Waals surface area contributed by atoms with Crippen LogP contribution in [0.5, 0.6) is 11.5 Å². The Morgan fingerprint density at radius 1 is 0.886 bits per heavy atom. The van der Waals surface area contributed by atoms with Crippen LogP contribution in [0.2, 0.25) is 0 Å². The van der Waals surface area contributed by atoms with Crippen molar-refractivity contribution >= 4 is 35.1 Å². The molecule has 6 rings (SSSR count). The normalized spacial score (nSPS) is 29.2. The van der Waals surface area contributed by atoms with E-state index in [2.05, 4.69) is 0 Å². The van der Waals surface area contributed by atoms with Gasteiger partial charge in [-0.1, -0.05) is 6.07 Å². The van der Waals surface area contributed by atoms with Gasteiger partial charge in [0, 0.05) is 24.7 Å². The Morgan fingerprint density at radius 3 is 2.23 bits per heavy atom. The highest BCUT2D eigenvalue weighted by molar-refractivity contribution is 6.22. The Kier molecular flexibility index (Phi) is 5.12. The highest BCUT2D eigenvalue weighted by Crippen LogP contribution is 2.56. The number of methoxy groups -OCH3 is 1. The van der Waals surface area contributed by atoms with Gasteiger partial charge in [0.2, 0.25) is 17.7 Å². The second kappa shape index (κ2) is 8.22. The molecule has 3 amide bonds. The Balaban J connectivity index is 1.12. The summed E-state index contributed by atoms with van der Waals surface area (Å²) in [6.45, 7) is 0.227. The Labute approximate surface area is 202 Å². The van der Waals surface area contributed by atoms with Gasteiger partial charge in [0.05, 0.1) is 30.6 Å². The fraction of sp³-hybridized carbons (Fsp3) is 0.407. The van der Waals surface area contributed by atoms with Crippen LogP contribution in [-0.4, -0.2) is 37.3 Å². The summed E-state index contributed by atoms with van der Waals surface area (Å²) in [4.78, 5) is 54.2. The zero-order valence-electron chi connectivity index (χ0n) is 19.4. The van der Waals surface area contributed by atoms with Crippen molar-refractivity contribution in [2.45, 2.75) is 25.7 Å². The number of hydrogen-bond donors (Lipinski definition) is 0. The third-order valence-electron chi connectivity index (χ3n) is 8.06. The molecule has 0 aromatic heterocycles. The fourth-order valence-electron chi connectivity index (χ4n) is 6.42. The summed E-state index contributed by atoms with van der Waals surface area (Å²) in [7, 11) is 1.56. The largest absolute Gasteiger partial charge is 0.497 e. The minimum Gasteiger partial charge on any atom is -0.497 e. The molecule has 0 radical (unpaired) electrons. The smallest absolute Gasteiger partial charge is 0.316 e. The zero-order valence-corrected chi connectivity index (χ0v) is 19.4. The predicted octanol–water partition coefficient (Wildman–Crippen LogP) is 3.19. The van der Waals surface area contributed by atoms with E-state index in [1.54, 1.807) is 60.5 Å². The van der Waals surface area contributed by atoms with Crippen molar-refractivity contribution in [3.05, 3.63) is 48.5 Å². The molecule has 2 aliphatic heterocycles. The lowest BCUT2D eigenvalue weighted by Crippen LogP contribution is -2.32. The number of amides is 3. The van der Waals surface area contributed by atoms with E-state index in [-0.39, 0.29) is 42.5 Å². The monoisotopic (exact) mass is 474 g/mol. The van der Waals surface area contributed by atoms with Gasteiger partial charge in [-0.15, -0.1) is 0 Å². The van der Waals surface area contributed by atoms with Gasteiger partial charge in [-0.3, -0.25) is 24.1 Å². The molecule has 180 valence electrons. The van der Waals surface area contributed by atoms with Crippen LogP contribution in [0.25, 0.3) is 0 Å². The Morgan fingerprint density at radius 2 is 1.57 bits per heavy atom. The molecule has 0 spiro atoms. The average Bonchev–Trinajstić information content (AvgIpc) is 3.63. The van der Waals surface area contributed by atoms with Gasteiger partial charge >= 0.3 is 5.97 Å². The van der Waals surface area contributed by atoms with Gasteiger partial charge in [-0.2, -0.15) is 0 Å². The molecule has 2 saturated carbocycles. The van der Waals surface area contributed by atoms with Crippen LogP contribution in [0, 0.1) is 29.6 Å². The van der Waals surface area contributed by atoms with Crippen molar-refractivity contribution in [3.8, 4) is 11.5 Å². The first-order chi connectivity index (χ1) is 16.9. The third-order valence-corrected chi connectivity index (χ3v) is 8.06. The number of esters is 1. The van der Waals surface area contributed by atoms with Crippen molar-refractivity contribution in [2.24, 2.45) is 29.6 Å². The van der Waals surface area contributed by atoms with Crippen molar-refractivity contribution in [3.63, 3.8) is 0 Å². The summed E-state index contributed by atoms with van der Waals surface area (Å²) in [6.07, 6.45) is 3.13. The van der Waals surface area contributed by atoms with Crippen LogP contribution in [-0.2, 0) is 19.2 Å². The summed E-state index contributed by atoms with van der Waals surface area (Å²) >= 11 is 0. The molecule has 4 aliphatic rings. The molecule has 2 bridgehead atoms. The third kappa shape index (κ3) is 3.50. The van der Waals surface area contributed by atoms with Crippen LogP contribution in [0.1, 0.15) is 25.7 Å². The lowest BCUT2D eigenvalue weighted by Gasteiger charge is -2.19. The quantitative estimate of drug-likeness (QED) is 0.375. The zero-order chi connectivity index (χ0) is 24.3. The van der Waals surface area contributed by atoms with E-state index in [0.29, 0.717) is 34.7 Å². The van der Waals surface area contributed by atoms with E-state index >= 15 is 0 Å². The number of imide groups is 1. The minimum absolute atomic E-state index is 0.0655. The molecule has 0 unspecified atom stereocenters. The molecule has 0 N–H and O–H groups in total. The molecule has 2 aliphatic carbocycles. The molecule has 2 saturated heterocycles. The lowest BCUT2D eigenvalue weighted by atomic mass is 9.81. The Bertz CT molecular complexity index is 1200. The van der Waals surface area contributed by atoms with Crippen LogP contribution in [0.15, 0.2) is 48.5 Å². The van der Waals surface area contributed by atoms with Gasteiger partial charge in [0.25, 0.3) is 0 Å². The maximum atomic E-state index is 13.0. The van der Waals surface area contributed by atoms with Gasteiger partial charge in [-0.25, -0.2) is 0 Å². The highest BCUT2D eigenvalue weighted by atomic mass is 16.5. The molecule has 2 aromatic rings. The van der Waals surface area contributed by atoms with E-state index in [1.807, 2.05) is 0 Å². The minimum atomic E-state index is -0.593. The molecule has 35 heavy (non-hydrogen) atoms. The van der Waals surface area contributed by atoms with E-state index in [9.17, 15) is 19.2 Å². The second-order valence-electron chi connectivity index (χ2n) is 9.92. The van der Waals surface area contributed by atoms with Gasteiger partial charge < -0.3 is 14.4 Å². The summed E-state index contributed by atoms with van der Waals surface area (Å²) in [5.74, 6) is -0.176. The predicted molar refractivity (Wildman–Crippen MR) is 126 cm³/mol. The maximum absolute atomic E-state index is 13.0. The van der Waals surface area contributed by atoms with Crippen LogP contribution in [0.3, 0.4) is 0 Å². The number of carbonyl (C=O) groups excluding carboxylic acids is 4. The van der Waals surface area contributed by atoms with Crippen LogP contribution in [0.4, 0.5) is 11.4 Å². The van der Waals surface area contributed by atoms with Crippen molar-refractivity contribution in [1.29, 1.82) is 0 Å². The number of benzene rings is 2. The van der Waals surface area contributed by atoms with E-state index in [4.69, 9.17) is 9.47 Å². The highest BCUT2D eigenvalue weighted by Gasteiger charge is 2.61. The number of fused-ring (bicyclic) bond motifs is 5. The maximum Gasteiger partial charge on any atom is 0.316 e. The second-order valence-corrected chi connectivity index (χ2v) is 9.92. The summed E-state index contributed by atoms with van der Waals surface area (Å²) in [6, 6.07) is 13.6. The standard InChI is InChI=1S/C27H26N2O6/c1-34-21-4-2-3-19(13-21)28-14-17(12-22(28)30)27(33)35-20-9-7-18(8-10-20)29-25(31)23-15-5-6-16(11-15)24(23)26(29)32/h2-4,7-10,13,15-17,23-24H,5-6,11-12,14H2,1H3/t15-,16-,17+,23+,24+/m0/s1. The summed E-state index contributed by atoms with van der Waals surface area (Å²) < 4.78 is 10.8.